The SMILES string of the molecule is COc1ccc(-c2noc(N3CCC[C@H](C(=O)NCCOC45CC6CC(CC(C6)C4)C5)C3)n2)cc1. The number of methoxy groups -OCH3 is 1. The van der Waals surface area contributed by atoms with Gasteiger partial charge in [-0.15, -0.1) is 0 Å². The Balaban J connectivity index is 0.990. The second-order valence-electron chi connectivity index (χ2n) is 11.2. The zero-order valence-corrected chi connectivity index (χ0v) is 20.6. The van der Waals surface area contributed by atoms with Gasteiger partial charge in [0, 0.05) is 25.2 Å². The van der Waals surface area contributed by atoms with Crippen LogP contribution in [0.25, 0.3) is 11.4 Å². The van der Waals surface area contributed by atoms with Gasteiger partial charge in [0.2, 0.25) is 11.7 Å². The fraction of sp³-hybridized carbons (Fsp3) is 0.667. The van der Waals surface area contributed by atoms with Crippen molar-refractivity contribution < 1.29 is 18.8 Å². The fourth-order valence-electron chi connectivity index (χ4n) is 7.36. The van der Waals surface area contributed by atoms with E-state index in [-0.39, 0.29) is 17.4 Å². The third kappa shape index (κ3) is 4.77. The molecule has 7 rings (SSSR count). The van der Waals surface area contributed by atoms with Gasteiger partial charge in [-0.3, -0.25) is 4.79 Å². The molecule has 0 radical (unpaired) electrons. The second kappa shape index (κ2) is 9.45. The topological polar surface area (TPSA) is 89.7 Å². The molecule has 0 unspecified atom stereocenters. The molecule has 8 nitrogen and oxygen atoms in total. The van der Waals surface area contributed by atoms with Gasteiger partial charge < -0.3 is 24.2 Å². The average molecular weight is 481 g/mol. The van der Waals surface area contributed by atoms with Crippen LogP contribution in [0.4, 0.5) is 6.01 Å². The van der Waals surface area contributed by atoms with Crippen molar-refractivity contribution in [3.8, 4) is 17.1 Å². The van der Waals surface area contributed by atoms with E-state index in [4.69, 9.17) is 14.0 Å². The summed E-state index contributed by atoms with van der Waals surface area (Å²) in [4.78, 5) is 19.5. The molecule has 2 heterocycles. The molecule has 35 heavy (non-hydrogen) atoms. The van der Waals surface area contributed by atoms with Gasteiger partial charge in [-0.25, -0.2) is 0 Å². The van der Waals surface area contributed by atoms with Crippen LogP contribution in [0, 0.1) is 23.7 Å². The van der Waals surface area contributed by atoms with Gasteiger partial charge in [-0.05, 0) is 93.4 Å². The van der Waals surface area contributed by atoms with E-state index in [1.165, 1.54) is 38.5 Å². The summed E-state index contributed by atoms with van der Waals surface area (Å²) in [5.74, 6) is 3.96. The number of carbonyl (C=O) groups excluding carboxylic acids is 1. The smallest absolute Gasteiger partial charge is 0.324 e. The Morgan fingerprint density at radius 2 is 1.86 bits per heavy atom. The molecule has 2 aromatic rings. The summed E-state index contributed by atoms with van der Waals surface area (Å²) in [5.41, 5.74) is 0.965. The van der Waals surface area contributed by atoms with Gasteiger partial charge in [-0.1, -0.05) is 5.16 Å². The van der Waals surface area contributed by atoms with Gasteiger partial charge in [0.25, 0.3) is 0 Å². The van der Waals surface area contributed by atoms with Crippen LogP contribution in [-0.4, -0.2) is 55.0 Å². The summed E-state index contributed by atoms with van der Waals surface area (Å²) in [7, 11) is 1.64. The molecule has 8 heteroatoms. The molecule has 1 aromatic heterocycles. The minimum atomic E-state index is -0.0837. The minimum Gasteiger partial charge on any atom is -0.497 e. The molecule has 1 aromatic carbocycles. The first-order valence-electron chi connectivity index (χ1n) is 13.2. The minimum absolute atomic E-state index is 0.0837. The standard InChI is InChI=1S/C27H36N4O4/c1-33-23-6-4-21(5-7-23)24-29-26(35-30-24)31-9-2-3-22(17-31)25(32)28-8-10-34-27-14-18-11-19(15-27)13-20(12-18)16-27/h4-7,18-20,22H,2-3,8-17H2,1H3,(H,28,32)/t18?,19?,20?,22-,27?/m0/s1. The van der Waals surface area contributed by atoms with E-state index < -0.39 is 0 Å². The lowest BCUT2D eigenvalue weighted by atomic mass is 9.54. The fourth-order valence-corrected chi connectivity index (χ4v) is 7.36. The molecular weight excluding hydrogens is 444 g/mol. The number of anilines is 1. The van der Waals surface area contributed by atoms with Gasteiger partial charge in [0.05, 0.1) is 25.2 Å². The van der Waals surface area contributed by atoms with Crippen molar-refractivity contribution in [3.63, 3.8) is 0 Å². The molecule has 4 saturated carbocycles. The quantitative estimate of drug-likeness (QED) is 0.570. The number of carbonyl (C=O) groups is 1. The molecule has 4 aliphatic carbocycles. The van der Waals surface area contributed by atoms with Crippen molar-refractivity contribution in [2.24, 2.45) is 23.7 Å². The highest BCUT2D eigenvalue weighted by molar-refractivity contribution is 5.79. The van der Waals surface area contributed by atoms with Gasteiger partial charge in [0.1, 0.15) is 5.75 Å². The first kappa shape index (κ1) is 22.8. The molecular formula is C27H36N4O4. The summed E-state index contributed by atoms with van der Waals surface area (Å²) in [6, 6.07) is 8.04. The number of benzene rings is 1. The predicted octanol–water partition coefficient (Wildman–Crippen LogP) is 4.06. The number of piperidine rings is 1. The summed E-state index contributed by atoms with van der Waals surface area (Å²) in [6.45, 7) is 2.59. The van der Waals surface area contributed by atoms with Gasteiger partial charge in [0.15, 0.2) is 0 Å². The first-order valence-corrected chi connectivity index (χ1v) is 13.2. The van der Waals surface area contributed by atoms with Crippen molar-refractivity contribution in [2.75, 3.05) is 38.3 Å². The summed E-state index contributed by atoms with van der Waals surface area (Å²) in [6.07, 6.45) is 9.73. The van der Waals surface area contributed by atoms with E-state index in [0.29, 0.717) is 31.5 Å². The monoisotopic (exact) mass is 480 g/mol. The van der Waals surface area contributed by atoms with Crippen molar-refractivity contribution in [3.05, 3.63) is 24.3 Å². The van der Waals surface area contributed by atoms with Crippen LogP contribution in [0.3, 0.4) is 0 Å². The van der Waals surface area contributed by atoms with Crippen LogP contribution in [0.1, 0.15) is 51.4 Å². The van der Waals surface area contributed by atoms with E-state index in [1.54, 1.807) is 7.11 Å². The van der Waals surface area contributed by atoms with E-state index in [1.807, 2.05) is 29.2 Å². The zero-order chi connectivity index (χ0) is 23.8. The van der Waals surface area contributed by atoms with Crippen molar-refractivity contribution in [1.29, 1.82) is 0 Å². The molecule has 4 bridgehead atoms. The number of nitrogens with one attached hydrogen (secondary N) is 1. The highest BCUT2D eigenvalue weighted by Crippen LogP contribution is 2.57. The third-order valence-corrected chi connectivity index (χ3v) is 8.62. The normalized spacial score (nSPS) is 31.5. The number of ether oxygens (including phenoxy) is 2. The van der Waals surface area contributed by atoms with Crippen molar-refractivity contribution >= 4 is 11.9 Å². The van der Waals surface area contributed by atoms with Gasteiger partial charge in [-0.2, -0.15) is 4.98 Å². The number of aromatic nitrogens is 2. The summed E-state index contributed by atoms with van der Waals surface area (Å²) < 4.78 is 17.2. The molecule has 1 N–H and O–H groups in total. The Bertz CT molecular complexity index is 1000. The Morgan fingerprint density at radius 1 is 1.14 bits per heavy atom. The number of hydrogen-bond acceptors (Lipinski definition) is 7. The number of amides is 1. The Morgan fingerprint density at radius 3 is 2.54 bits per heavy atom. The molecule has 1 saturated heterocycles. The molecule has 0 spiro atoms. The molecule has 1 amide bonds. The van der Waals surface area contributed by atoms with Crippen LogP contribution in [0.15, 0.2) is 28.8 Å². The number of rotatable bonds is 8. The molecule has 1 atom stereocenters. The number of nitrogens with zero attached hydrogens (tertiary/aromatic N) is 3. The second-order valence-corrected chi connectivity index (χ2v) is 11.2. The molecule has 5 fully saturated rings. The Hall–Kier alpha value is -2.61. The summed E-state index contributed by atoms with van der Waals surface area (Å²) >= 11 is 0. The lowest BCUT2D eigenvalue weighted by Gasteiger charge is -2.56. The first-order chi connectivity index (χ1) is 17.1. The highest BCUT2D eigenvalue weighted by atomic mass is 16.5. The van der Waals surface area contributed by atoms with Crippen molar-refractivity contribution in [1.82, 2.24) is 15.5 Å². The van der Waals surface area contributed by atoms with E-state index >= 15 is 0 Å². The Kier molecular flexibility index (Phi) is 6.16. The van der Waals surface area contributed by atoms with E-state index in [9.17, 15) is 4.79 Å². The summed E-state index contributed by atoms with van der Waals surface area (Å²) in [5, 5.41) is 7.27. The lowest BCUT2D eigenvalue weighted by molar-refractivity contribution is -0.162. The number of hydrogen-bond donors (Lipinski definition) is 1. The maximum absolute atomic E-state index is 12.9. The van der Waals surface area contributed by atoms with Gasteiger partial charge >= 0.3 is 6.01 Å². The van der Waals surface area contributed by atoms with Crippen LogP contribution in [0.2, 0.25) is 0 Å². The van der Waals surface area contributed by atoms with E-state index in [2.05, 4.69) is 15.5 Å². The Labute approximate surface area is 206 Å². The maximum atomic E-state index is 12.9. The van der Waals surface area contributed by atoms with Crippen molar-refractivity contribution in [2.45, 2.75) is 57.0 Å². The lowest BCUT2D eigenvalue weighted by Crippen LogP contribution is -2.52. The molecule has 5 aliphatic rings. The molecule has 1 aliphatic heterocycles. The third-order valence-electron chi connectivity index (χ3n) is 8.62. The highest BCUT2D eigenvalue weighted by Gasteiger charge is 2.51. The predicted molar refractivity (Wildman–Crippen MR) is 131 cm³/mol. The molecule has 188 valence electrons. The zero-order valence-electron chi connectivity index (χ0n) is 20.6. The maximum Gasteiger partial charge on any atom is 0.324 e. The van der Waals surface area contributed by atoms with E-state index in [0.717, 1.165) is 48.5 Å². The largest absolute Gasteiger partial charge is 0.497 e. The van der Waals surface area contributed by atoms with Crippen LogP contribution >= 0.6 is 0 Å². The van der Waals surface area contributed by atoms with Crippen LogP contribution in [0.5, 0.6) is 5.75 Å². The van der Waals surface area contributed by atoms with Crippen LogP contribution < -0.4 is 15.0 Å². The van der Waals surface area contributed by atoms with Crippen LogP contribution in [-0.2, 0) is 9.53 Å². The average Bonchev–Trinajstić information content (AvgIpc) is 3.36.